The predicted molar refractivity (Wildman–Crippen MR) is 342 cm³/mol. The van der Waals surface area contributed by atoms with Gasteiger partial charge >= 0.3 is 11.9 Å². The molecule has 0 bridgehead atoms. The first-order valence-corrected chi connectivity index (χ1v) is 31.6. The molecule has 1 heterocycles. The maximum Gasteiger partial charge on any atom is 0.326 e. The lowest BCUT2D eigenvalue weighted by molar-refractivity contribution is -0.143. The largest absolute Gasteiger partial charge is 0.481 e. The molecular weight excluding hydrogens is 1240 g/mol. The van der Waals surface area contributed by atoms with E-state index in [0.29, 0.717) is 12.0 Å². The van der Waals surface area contributed by atoms with Crippen molar-refractivity contribution < 1.29 is 87.5 Å². The van der Waals surface area contributed by atoms with Crippen LogP contribution in [0.5, 0.6) is 0 Å². The van der Waals surface area contributed by atoms with E-state index >= 15 is 0 Å². The van der Waals surface area contributed by atoms with Crippen molar-refractivity contribution in [1.82, 2.24) is 68.5 Å². The Balaban J connectivity index is 2.44. The Morgan fingerprint density at radius 2 is 0.916 bits per heavy atom. The summed E-state index contributed by atoms with van der Waals surface area (Å²) in [6, 6.07) is -10.2. The van der Waals surface area contributed by atoms with Crippen LogP contribution in [0.15, 0.2) is 42.9 Å². The van der Waals surface area contributed by atoms with Gasteiger partial charge in [-0.15, -0.1) is 0 Å². The van der Waals surface area contributed by atoms with Gasteiger partial charge < -0.3 is 95.4 Å². The van der Waals surface area contributed by atoms with Gasteiger partial charge in [-0.25, -0.2) is 9.78 Å². The van der Waals surface area contributed by atoms with E-state index in [4.69, 9.17) is 11.5 Å². The Bertz CT molecular complexity index is 2930. The van der Waals surface area contributed by atoms with Gasteiger partial charge in [0.1, 0.15) is 66.5 Å². The Kier molecular flexibility index (Phi) is 34.7. The maximum atomic E-state index is 14.4. The number of carbonyl (C=O) groups excluding carboxylic acids is 12. The zero-order valence-corrected chi connectivity index (χ0v) is 55.9. The van der Waals surface area contributed by atoms with Crippen LogP contribution in [0.25, 0.3) is 0 Å². The normalized spacial score (nSPS) is 16.1. The van der Waals surface area contributed by atoms with Crippen molar-refractivity contribution >= 4 is 82.8 Å². The number of primary amides is 1. The molecule has 0 radical (unpaired) electrons. The minimum atomic E-state index is -1.84. The van der Waals surface area contributed by atoms with E-state index in [1.54, 1.807) is 78.8 Å². The second kappa shape index (κ2) is 40.2. The number of imidazole rings is 1. The fourth-order valence-corrected chi connectivity index (χ4v) is 9.46. The average molecular weight is 1340 g/mol. The van der Waals surface area contributed by atoms with Gasteiger partial charge in [0.2, 0.25) is 70.9 Å². The van der Waals surface area contributed by atoms with Crippen molar-refractivity contribution in [2.24, 2.45) is 41.1 Å². The van der Waals surface area contributed by atoms with Crippen LogP contribution < -0.4 is 70.0 Å². The average Bonchev–Trinajstić information content (AvgIpc) is 1.35. The molecule has 1 aromatic carbocycles. The lowest BCUT2D eigenvalue weighted by atomic mass is 9.97. The lowest BCUT2D eigenvalue weighted by Gasteiger charge is -2.30. The van der Waals surface area contributed by atoms with Crippen molar-refractivity contribution in [3.8, 4) is 0 Å². The first kappa shape index (κ1) is 82.0. The van der Waals surface area contributed by atoms with Gasteiger partial charge in [-0.2, -0.15) is 0 Å². The Hall–Kier alpha value is -9.11. The molecule has 0 spiro atoms. The number of aliphatic hydroxyl groups excluding tert-OH is 2. The fourth-order valence-electron chi connectivity index (χ4n) is 9.46. The van der Waals surface area contributed by atoms with Crippen molar-refractivity contribution in [2.45, 2.75) is 213 Å². The molecule has 20 N–H and O–H groups in total. The number of rotatable bonds is 42. The highest BCUT2D eigenvalue weighted by atomic mass is 16.4. The van der Waals surface area contributed by atoms with Gasteiger partial charge in [0.25, 0.3) is 0 Å². The topological polar surface area (TPSA) is 533 Å². The SMILES string of the molecule is CC[C@H](C)[C@H](N)C(=O)N[C@@H](CC(=O)O)C(=O)N[C@H](C(=O)N[C@@H](Cc1cnc[nH]1)C(=O)N[C@@H](CO)C(=O)N[C@H](C(=O)N[C@@H](CC(N)=O)C(=O)N[C@@H](Cc1ccccc1)C(=O)N[C@@H](CC(C)C)C(=O)N[C@@H](C)C(=O)N[C@H](C(=O)N[C@@H](CC(C)C)C(=O)O)[C@@H](C)O)[C@@H](C)CC)C(C)C. The summed E-state index contributed by atoms with van der Waals surface area (Å²) in [6.45, 7) is 18.0. The van der Waals surface area contributed by atoms with Gasteiger partial charge in [-0.1, -0.05) is 112 Å². The molecule has 0 saturated heterocycles. The van der Waals surface area contributed by atoms with Crippen LogP contribution >= 0.6 is 0 Å². The summed E-state index contributed by atoms with van der Waals surface area (Å²) >= 11 is 0. The number of carbonyl (C=O) groups is 14. The van der Waals surface area contributed by atoms with E-state index in [1.807, 2.05) is 0 Å². The number of aliphatic carboxylic acids is 2. The molecule has 0 aliphatic heterocycles. The number of nitrogens with zero attached hydrogens (tertiary/aromatic N) is 1. The minimum absolute atomic E-state index is 0.0341. The van der Waals surface area contributed by atoms with Crippen LogP contribution in [0, 0.1) is 29.6 Å². The third kappa shape index (κ3) is 28.2. The van der Waals surface area contributed by atoms with Gasteiger partial charge in [-0.05, 0) is 61.8 Å². The number of benzene rings is 1. The number of amides is 12. The number of H-pyrrole nitrogens is 1. The molecule has 95 heavy (non-hydrogen) atoms. The Morgan fingerprint density at radius 1 is 0.484 bits per heavy atom. The summed E-state index contributed by atoms with van der Waals surface area (Å²) in [5.41, 5.74) is 12.4. The van der Waals surface area contributed by atoms with Crippen molar-refractivity contribution in [1.29, 1.82) is 0 Å². The first-order chi connectivity index (χ1) is 44.4. The molecule has 12 amide bonds. The van der Waals surface area contributed by atoms with E-state index in [0.717, 1.165) is 0 Å². The maximum absolute atomic E-state index is 14.4. The third-order valence-electron chi connectivity index (χ3n) is 15.5. The number of nitrogens with one attached hydrogen (secondary N) is 12. The number of hydrogen-bond donors (Lipinski definition) is 18. The first-order valence-electron chi connectivity index (χ1n) is 31.6. The smallest absolute Gasteiger partial charge is 0.326 e. The quantitative estimate of drug-likeness (QED) is 0.0307. The van der Waals surface area contributed by atoms with E-state index in [2.05, 4.69) is 68.5 Å². The summed E-state index contributed by atoms with van der Waals surface area (Å²) in [5.74, 6) is -17.2. The fraction of sp³-hybridized carbons (Fsp3) is 0.629. The van der Waals surface area contributed by atoms with Gasteiger partial charge in [0.15, 0.2) is 0 Å². The predicted octanol–water partition coefficient (Wildman–Crippen LogP) is -3.48. The molecule has 2 aromatic rings. The minimum Gasteiger partial charge on any atom is -0.481 e. The third-order valence-corrected chi connectivity index (χ3v) is 15.5. The summed E-state index contributed by atoms with van der Waals surface area (Å²) < 4.78 is 0. The lowest BCUT2D eigenvalue weighted by Crippen LogP contribution is -2.62. The molecule has 2 rings (SSSR count). The van der Waals surface area contributed by atoms with Gasteiger partial charge in [0.05, 0.1) is 37.9 Å². The molecule has 33 nitrogen and oxygen atoms in total. The summed E-state index contributed by atoms with van der Waals surface area (Å²) in [6.07, 6.45) is -0.542. The van der Waals surface area contributed by atoms with Crippen molar-refractivity contribution in [2.75, 3.05) is 6.61 Å². The second-order valence-electron chi connectivity index (χ2n) is 24.9. The van der Waals surface area contributed by atoms with E-state index in [-0.39, 0.29) is 55.6 Å². The van der Waals surface area contributed by atoms with Gasteiger partial charge in [-0.3, -0.25) is 62.3 Å². The molecule has 15 atom stereocenters. The van der Waals surface area contributed by atoms with Crippen molar-refractivity contribution in [3.05, 3.63) is 54.1 Å². The van der Waals surface area contributed by atoms with Crippen molar-refractivity contribution in [3.63, 3.8) is 0 Å². The summed E-state index contributed by atoms with van der Waals surface area (Å²) in [5, 5.41) is 67.1. The number of hydrogen-bond acceptors (Lipinski definition) is 18. The zero-order chi connectivity index (χ0) is 72.1. The number of aliphatic hydroxyl groups is 2. The monoisotopic (exact) mass is 1340 g/mol. The molecule has 0 saturated carbocycles. The summed E-state index contributed by atoms with van der Waals surface area (Å²) in [7, 11) is 0. The highest BCUT2D eigenvalue weighted by Gasteiger charge is 2.39. The van der Waals surface area contributed by atoms with Gasteiger partial charge in [0, 0.05) is 24.7 Å². The molecule has 1 aromatic heterocycles. The zero-order valence-electron chi connectivity index (χ0n) is 55.9. The standard InChI is InChI=1S/C62H99N15O18/c1-13-32(9)47(64)58(90)70-42(25-46(81)82)56(88)75-48(31(7)8)59(91)71-40(23-37-26-65-28-66-37)54(86)74-44(27-78)57(89)76-49(33(10)14-2)60(92)72-41(24-45(63)80)55(87)69-39(22-36-18-16-15-17-19-36)53(85)68-38(20-29(3)4)52(84)67-34(11)51(83)77-50(35(12)79)61(93)73-43(62(94)95)21-30(5)6/h15-19,26,28-35,38-44,47-50,78-79H,13-14,20-25,27,64H2,1-12H3,(H2,63,80)(H,65,66)(H,67,84)(H,68,85)(H,69,87)(H,70,90)(H,71,91)(H,72,92)(H,73,93)(H,74,86)(H,75,88)(H,76,89)(H,77,83)(H,81,82)(H,94,95)/t32-,33-,34-,35+,38-,39-,40-,41-,42-,43-,44-,47-,48-,49-,50-/m0/s1. The number of carboxylic acid groups (broad SMARTS) is 2. The number of nitrogens with two attached hydrogens (primary N) is 2. The van der Waals surface area contributed by atoms with Crippen LogP contribution in [0.3, 0.4) is 0 Å². The van der Waals surface area contributed by atoms with E-state index < -0.39 is 193 Å². The Labute approximate surface area is 551 Å². The number of aromatic amines is 1. The van der Waals surface area contributed by atoms with E-state index in [1.165, 1.54) is 47.1 Å². The molecule has 0 fully saturated rings. The molecule has 0 aliphatic rings. The highest BCUT2D eigenvalue weighted by molar-refractivity contribution is 6.00. The van der Waals surface area contributed by atoms with Crippen LogP contribution in [-0.4, -0.2) is 198 Å². The van der Waals surface area contributed by atoms with E-state index in [9.17, 15) is 87.5 Å². The molecule has 0 aliphatic carbocycles. The number of carboxylic acids is 2. The van der Waals surface area contributed by atoms with Crippen LogP contribution in [0.2, 0.25) is 0 Å². The number of aromatic nitrogens is 2. The molecule has 33 heteroatoms. The van der Waals surface area contributed by atoms with Crippen LogP contribution in [0.1, 0.15) is 133 Å². The second-order valence-corrected chi connectivity index (χ2v) is 24.9. The highest BCUT2D eigenvalue weighted by Crippen LogP contribution is 2.15. The summed E-state index contributed by atoms with van der Waals surface area (Å²) in [4.78, 5) is 196. The molecule has 0 unspecified atom stereocenters. The van der Waals surface area contributed by atoms with Crippen LogP contribution in [0.4, 0.5) is 0 Å². The molecular formula is C62H99N15O18. The van der Waals surface area contributed by atoms with Crippen LogP contribution in [-0.2, 0) is 80.0 Å². The molecule has 530 valence electrons. The Morgan fingerprint density at radius 3 is 1.42 bits per heavy atom.